The third-order valence-corrected chi connectivity index (χ3v) is 2.83. The van der Waals surface area contributed by atoms with E-state index in [0.717, 1.165) is 0 Å². The number of hydrogen-bond donors (Lipinski definition) is 2. The van der Waals surface area contributed by atoms with E-state index in [-0.39, 0.29) is 12.0 Å². The molecular formula is C12H14N4O3. The standard InChI is InChI=1S/C12H14N4O3/c1-6-4-10(17)14-12(13-6)16-8(3)9(5-11(18)19)7(2)15-16/h4H,5H2,1-3H3,(H,18,19)(H,13,14,17). The molecule has 0 saturated carbocycles. The van der Waals surface area contributed by atoms with Crippen molar-refractivity contribution >= 4 is 5.97 Å². The SMILES string of the molecule is Cc1cc(=O)[nH]c(-n2nc(C)c(CC(=O)O)c2C)n1. The molecule has 100 valence electrons. The van der Waals surface area contributed by atoms with E-state index in [1.807, 2.05) is 0 Å². The topological polar surface area (TPSA) is 101 Å². The van der Waals surface area contributed by atoms with E-state index < -0.39 is 5.97 Å². The maximum atomic E-state index is 11.4. The number of nitrogens with zero attached hydrogens (tertiary/aromatic N) is 3. The van der Waals surface area contributed by atoms with Crippen molar-refractivity contribution in [1.29, 1.82) is 0 Å². The first-order valence-corrected chi connectivity index (χ1v) is 5.73. The summed E-state index contributed by atoms with van der Waals surface area (Å²) in [5.41, 5.74) is 2.22. The van der Waals surface area contributed by atoms with Gasteiger partial charge in [0.2, 0.25) is 5.95 Å². The van der Waals surface area contributed by atoms with Gasteiger partial charge in [-0.3, -0.25) is 14.6 Å². The Kier molecular flexibility index (Phi) is 3.20. The van der Waals surface area contributed by atoms with E-state index in [2.05, 4.69) is 15.1 Å². The van der Waals surface area contributed by atoms with E-state index >= 15 is 0 Å². The Hall–Kier alpha value is -2.44. The van der Waals surface area contributed by atoms with Crippen LogP contribution in [-0.2, 0) is 11.2 Å². The van der Waals surface area contributed by atoms with Crippen LogP contribution < -0.4 is 5.56 Å². The van der Waals surface area contributed by atoms with Crippen LogP contribution >= 0.6 is 0 Å². The molecule has 7 nitrogen and oxygen atoms in total. The zero-order valence-electron chi connectivity index (χ0n) is 10.9. The molecule has 2 N–H and O–H groups in total. The van der Waals surface area contributed by atoms with Crippen LogP contribution in [0.15, 0.2) is 10.9 Å². The molecule has 7 heteroatoms. The molecule has 0 atom stereocenters. The van der Waals surface area contributed by atoms with Crippen LogP contribution in [0.1, 0.15) is 22.6 Å². The van der Waals surface area contributed by atoms with Crippen molar-refractivity contribution in [2.45, 2.75) is 27.2 Å². The van der Waals surface area contributed by atoms with Gasteiger partial charge in [0, 0.05) is 23.0 Å². The van der Waals surface area contributed by atoms with E-state index in [1.54, 1.807) is 20.8 Å². The quantitative estimate of drug-likeness (QED) is 0.839. The summed E-state index contributed by atoms with van der Waals surface area (Å²) in [6.07, 6.45) is -0.103. The molecule has 2 aromatic heterocycles. The summed E-state index contributed by atoms with van der Waals surface area (Å²) in [5.74, 6) is -0.626. The molecule has 19 heavy (non-hydrogen) atoms. The highest BCUT2D eigenvalue weighted by molar-refractivity contribution is 5.71. The summed E-state index contributed by atoms with van der Waals surface area (Å²) < 4.78 is 1.46. The van der Waals surface area contributed by atoms with Gasteiger partial charge >= 0.3 is 5.97 Å². The van der Waals surface area contributed by atoms with Crippen molar-refractivity contribution < 1.29 is 9.90 Å². The van der Waals surface area contributed by atoms with Crippen molar-refractivity contribution in [1.82, 2.24) is 19.7 Å². The number of carboxylic acid groups (broad SMARTS) is 1. The highest BCUT2D eigenvalue weighted by Gasteiger charge is 2.16. The Morgan fingerprint density at radius 3 is 2.68 bits per heavy atom. The highest BCUT2D eigenvalue weighted by atomic mass is 16.4. The normalized spacial score (nSPS) is 10.7. The smallest absolute Gasteiger partial charge is 0.307 e. The van der Waals surface area contributed by atoms with Crippen molar-refractivity contribution in [2.24, 2.45) is 0 Å². The zero-order chi connectivity index (χ0) is 14.2. The van der Waals surface area contributed by atoms with Gasteiger partial charge in [-0.1, -0.05) is 0 Å². The zero-order valence-corrected chi connectivity index (χ0v) is 10.9. The number of carbonyl (C=O) groups is 1. The Bertz CT molecular complexity index is 699. The number of hydrogen-bond acceptors (Lipinski definition) is 4. The number of H-pyrrole nitrogens is 1. The lowest BCUT2D eigenvalue weighted by Crippen LogP contribution is -2.15. The van der Waals surface area contributed by atoms with Gasteiger partial charge in [-0.25, -0.2) is 9.67 Å². The molecule has 0 fully saturated rings. The summed E-state index contributed by atoms with van der Waals surface area (Å²) in [4.78, 5) is 29.0. The molecule has 0 amide bonds. The minimum Gasteiger partial charge on any atom is -0.481 e. The number of carboxylic acids is 1. The molecule has 0 unspecified atom stereocenters. The molecule has 0 aliphatic heterocycles. The van der Waals surface area contributed by atoms with Crippen LogP contribution in [-0.4, -0.2) is 30.8 Å². The number of aryl methyl sites for hydroxylation is 2. The fraction of sp³-hybridized carbons (Fsp3) is 0.333. The molecule has 0 aromatic carbocycles. The van der Waals surface area contributed by atoms with Gasteiger partial charge in [-0.2, -0.15) is 5.10 Å². The van der Waals surface area contributed by atoms with Crippen LogP contribution in [0.5, 0.6) is 0 Å². The van der Waals surface area contributed by atoms with Gasteiger partial charge < -0.3 is 5.11 Å². The monoisotopic (exact) mass is 262 g/mol. The van der Waals surface area contributed by atoms with Crippen molar-refractivity contribution in [2.75, 3.05) is 0 Å². The first-order chi connectivity index (χ1) is 8.88. The van der Waals surface area contributed by atoms with Gasteiger partial charge in [-0.15, -0.1) is 0 Å². The molecule has 0 bridgehead atoms. The maximum absolute atomic E-state index is 11.4. The Balaban J connectivity index is 2.57. The number of aliphatic carboxylic acids is 1. The first-order valence-electron chi connectivity index (χ1n) is 5.73. The predicted octanol–water partition coefficient (Wildman–Crippen LogP) is 0.508. The van der Waals surface area contributed by atoms with Gasteiger partial charge in [-0.05, 0) is 20.8 Å². The van der Waals surface area contributed by atoms with Crippen LogP contribution in [0.2, 0.25) is 0 Å². The summed E-state index contributed by atoms with van der Waals surface area (Å²) in [5, 5.41) is 13.1. The Labute approximate surface area is 108 Å². The van der Waals surface area contributed by atoms with Gasteiger partial charge in [0.05, 0.1) is 12.1 Å². The van der Waals surface area contributed by atoms with Crippen molar-refractivity contribution in [3.05, 3.63) is 39.1 Å². The molecule has 2 heterocycles. The van der Waals surface area contributed by atoms with Gasteiger partial charge in [0.25, 0.3) is 5.56 Å². The lowest BCUT2D eigenvalue weighted by Gasteiger charge is -2.04. The second kappa shape index (κ2) is 4.68. The molecule has 0 spiro atoms. The fourth-order valence-electron chi connectivity index (χ4n) is 1.95. The fourth-order valence-corrected chi connectivity index (χ4v) is 1.95. The van der Waals surface area contributed by atoms with E-state index in [9.17, 15) is 9.59 Å². The summed E-state index contributed by atoms with van der Waals surface area (Å²) in [6.45, 7) is 5.19. The van der Waals surface area contributed by atoms with E-state index in [0.29, 0.717) is 28.6 Å². The molecule has 0 radical (unpaired) electrons. The van der Waals surface area contributed by atoms with Crippen molar-refractivity contribution in [3.63, 3.8) is 0 Å². The molecule has 0 saturated heterocycles. The van der Waals surface area contributed by atoms with Crippen LogP contribution in [0.3, 0.4) is 0 Å². The summed E-state index contributed by atoms with van der Waals surface area (Å²) >= 11 is 0. The van der Waals surface area contributed by atoms with Gasteiger partial charge in [0.1, 0.15) is 0 Å². The lowest BCUT2D eigenvalue weighted by atomic mass is 10.1. The maximum Gasteiger partial charge on any atom is 0.307 e. The van der Waals surface area contributed by atoms with E-state index in [1.165, 1.54) is 10.7 Å². The van der Waals surface area contributed by atoms with Gasteiger partial charge in [0.15, 0.2) is 0 Å². The third-order valence-electron chi connectivity index (χ3n) is 2.83. The number of aromatic nitrogens is 4. The number of aromatic amines is 1. The minimum atomic E-state index is -0.920. The average molecular weight is 262 g/mol. The predicted molar refractivity (Wildman–Crippen MR) is 67.5 cm³/mol. The molecule has 2 rings (SSSR count). The summed E-state index contributed by atoms with van der Waals surface area (Å²) in [6, 6.07) is 1.38. The number of nitrogens with one attached hydrogen (secondary N) is 1. The second-order valence-corrected chi connectivity index (χ2v) is 4.34. The van der Waals surface area contributed by atoms with Crippen molar-refractivity contribution in [3.8, 4) is 5.95 Å². The minimum absolute atomic E-state index is 0.103. The largest absolute Gasteiger partial charge is 0.481 e. The third kappa shape index (κ3) is 2.54. The molecule has 2 aromatic rings. The second-order valence-electron chi connectivity index (χ2n) is 4.34. The molecular weight excluding hydrogens is 248 g/mol. The van der Waals surface area contributed by atoms with E-state index in [4.69, 9.17) is 5.11 Å². The molecule has 0 aliphatic carbocycles. The van der Waals surface area contributed by atoms with Crippen LogP contribution in [0, 0.1) is 20.8 Å². The Morgan fingerprint density at radius 1 is 1.42 bits per heavy atom. The average Bonchev–Trinajstić information content (AvgIpc) is 2.55. The lowest BCUT2D eigenvalue weighted by molar-refractivity contribution is -0.136. The Morgan fingerprint density at radius 2 is 2.11 bits per heavy atom. The highest BCUT2D eigenvalue weighted by Crippen LogP contribution is 2.16. The molecule has 0 aliphatic rings. The summed E-state index contributed by atoms with van der Waals surface area (Å²) in [7, 11) is 0. The number of rotatable bonds is 3. The van der Waals surface area contributed by atoms with Crippen LogP contribution in [0.4, 0.5) is 0 Å². The first kappa shape index (κ1) is 13.0. The van der Waals surface area contributed by atoms with Crippen LogP contribution in [0.25, 0.3) is 5.95 Å².